The van der Waals surface area contributed by atoms with Gasteiger partial charge < -0.3 is 4.52 Å². The first-order chi connectivity index (χ1) is 8.53. The molecule has 1 heterocycles. The molecule has 1 aromatic rings. The fourth-order valence-electron chi connectivity index (χ4n) is 3.08. The minimum atomic E-state index is -3.56. The zero-order valence-corrected chi connectivity index (χ0v) is 11.6. The molecule has 0 radical (unpaired) electrons. The molecule has 1 atom stereocenters. The molecular formula is C12H16ClNO3S. The fourth-order valence-corrected chi connectivity index (χ4v) is 3.94. The monoisotopic (exact) mass is 289 g/mol. The molecule has 4 nitrogen and oxygen atoms in total. The van der Waals surface area contributed by atoms with Gasteiger partial charge in [-0.25, -0.2) is 8.42 Å². The fraction of sp³-hybridized carbons (Fsp3) is 0.750. The van der Waals surface area contributed by atoms with Crippen LogP contribution in [-0.4, -0.2) is 13.6 Å². The quantitative estimate of drug-likeness (QED) is 0.803. The van der Waals surface area contributed by atoms with Gasteiger partial charge in [0.1, 0.15) is 17.2 Å². The summed E-state index contributed by atoms with van der Waals surface area (Å²) in [6.45, 7) is 0. The van der Waals surface area contributed by atoms with E-state index in [-0.39, 0.29) is 5.75 Å². The molecular weight excluding hydrogens is 274 g/mol. The molecule has 0 amide bonds. The molecule has 0 saturated heterocycles. The normalized spacial score (nSPS) is 24.6. The van der Waals surface area contributed by atoms with Crippen molar-refractivity contribution in [1.82, 2.24) is 5.16 Å². The Morgan fingerprint density at radius 1 is 1.28 bits per heavy atom. The SMILES string of the molecule is O=S(=O)(Cl)Cc1noc2c1CC(C1CCC1)CC2. The van der Waals surface area contributed by atoms with Crippen LogP contribution >= 0.6 is 10.7 Å². The van der Waals surface area contributed by atoms with Gasteiger partial charge in [0.15, 0.2) is 0 Å². The van der Waals surface area contributed by atoms with Crippen molar-refractivity contribution in [3.05, 3.63) is 17.0 Å². The average Bonchev–Trinajstić information content (AvgIpc) is 2.56. The summed E-state index contributed by atoms with van der Waals surface area (Å²) >= 11 is 0. The summed E-state index contributed by atoms with van der Waals surface area (Å²) in [7, 11) is 1.73. The van der Waals surface area contributed by atoms with Crippen LogP contribution in [0.5, 0.6) is 0 Å². The molecule has 1 aromatic heterocycles. The lowest BCUT2D eigenvalue weighted by Gasteiger charge is -2.35. The second kappa shape index (κ2) is 4.53. The number of hydrogen-bond donors (Lipinski definition) is 0. The minimum absolute atomic E-state index is 0.217. The number of hydrogen-bond acceptors (Lipinski definition) is 4. The van der Waals surface area contributed by atoms with Crippen LogP contribution in [0.1, 0.15) is 42.7 Å². The highest BCUT2D eigenvalue weighted by atomic mass is 35.7. The molecule has 0 aromatic carbocycles. The molecule has 1 fully saturated rings. The van der Waals surface area contributed by atoms with Gasteiger partial charge in [-0.1, -0.05) is 24.4 Å². The predicted octanol–water partition coefficient (Wildman–Crippen LogP) is 2.65. The van der Waals surface area contributed by atoms with E-state index in [0.717, 1.165) is 36.5 Å². The molecule has 0 N–H and O–H groups in total. The van der Waals surface area contributed by atoms with Crippen molar-refractivity contribution >= 4 is 19.7 Å². The third kappa shape index (κ3) is 2.43. The van der Waals surface area contributed by atoms with E-state index in [1.807, 2.05) is 0 Å². The lowest BCUT2D eigenvalue weighted by molar-refractivity contribution is 0.182. The maximum atomic E-state index is 11.2. The van der Waals surface area contributed by atoms with Crippen LogP contribution in [0.3, 0.4) is 0 Å². The Labute approximate surface area is 111 Å². The Morgan fingerprint density at radius 3 is 2.67 bits per heavy atom. The summed E-state index contributed by atoms with van der Waals surface area (Å²) in [5.41, 5.74) is 1.52. The summed E-state index contributed by atoms with van der Waals surface area (Å²) in [5, 5.41) is 3.88. The Hall–Kier alpha value is -0.550. The number of nitrogens with zero attached hydrogens (tertiary/aromatic N) is 1. The van der Waals surface area contributed by atoms with Crippen LogP contribution in [0, 0.1) is 11.8 Å². The molecule has 18 heavy (non-hydrogen) atoms. The Balaban J connectivity index is 1.81. The first-order valence-electron chi connectivity index (χ1n) is 6.41. The Kier molecular flexibility index (Phi) is 3.14. The molecule has 1 unspecified atom stereocenters. The molecule has 2 aliphatic carbocycles. The number of halogens is 1. The summed E-state index contributed by atoms with van der Waals surface area (Å²) < 4.78 is 27.5. The molecule has 100 valence electrons. The van der Waals surface area contributed by atoms with E-state index in [1.54, 1.807) is 0 Å². The molecule has 0 aliphatic heterocycles. The minimum Gasteiger partial charge on any atom is -0.361 e. The number of rotatable bonds is 3. The van der Waals surface area contributed by atoms with E-state index in [1.165, 1.54) is 19.3 Å². The maximum absolute atomic E-state index is 11.2. The van der Waals surface area contributed by atoms with Crippen LogP contribution in [0.15, 0.2) is 4.52 Å². The van der Waals surface area contributed by atoms with Crippen molar-refractivity contribution in [1.29, 1.82) is 0 Å². The third-order valence-electron chi connectivity index (χ3n) is 4.29. The highest BCUT2D eigenvalue weighted by Gasteiger charge is 2.33. The van der Waals surface area contributed by atoms with Gasteiger partial charge in [0.25, 0.3) is 0 Å². The van der Waals surface area contributed by atoms with Gasteiger partial charge in [-0.15, -0.1) is 0 Å². The van der Waals surface area contributed by atoms with E-state index in [0.29, 0.717) is 11.6 Å². The van der Waals surface area contributed by atoms with Gasteiger partial charge in [-0.3, -0.25) is 0 Å². The molecule has 0 spiro atoms. The molecule has 2 aliphatic rings. The zero-order valence-electron chi connectivity index (χ0n) is 10.1. The van der Waals surface area contributed by atoms with Crippen molar-refractivity contribution in [3.63, 3.8) is 0 Å². The average molecular weight is 290 g/mol. The van der Waals surface area contributed by atoms with Crippen molar-refractivity contribution in [3.8, 4) is 0 Å². The summed E-state index contributed by atoms with van der Waals surface area (Å²) in [6.07, 6.45) is 6.89. The van der Waals surface area contributed by atoms with Crippen LogP contribution < -0.4 is 0 Å². The van der Waals surface area contributed by atoms with E-state index in [4.69, 9.17) is 15.2 Å². The van der Waals surface area contributed by atoms with Gasteiger partial charge in [0.05, 0.1) is 0 Å². The van der Waals surface area contributed by atoms with Gasteiger partial charge in [0, 0.05) is 22.7 Å². The van der Waals surface area contributed by atoms with Crippen LogP contribution in [0.2, 0.25) is 0 Å². The smallest absolute Gasteiger partial charge is 0.238 e. The van der Waals surface area contributed by atoms with Gasteiger partial charge in [0.2, 0.25) is 9.05 Å². The van der Waals surface area contributed by atoms with Gasteiger partial charge >= 0.3 is 0 Å². The first-order valence-corrected chi connectivity index (χ1v) is 8.89. The summed E-state index contributed by atoms with van der Waals surface area (Å²) in [4.78, 5) is 0. The molecule has 3 rings (SSSR count). The van der Waals surface area contributed by atoms with E-state index >= 15 is 0 Å². The highest BCUT2D eigenvalue weighted by molar-refractivity contribution is 8.13. The van der Waals surface area contributed by atoms with Crippen molar-refractivity contribution in [2.75, 3.05) is 0 Å². The van der Waals surface area contributed by atoms with Crippen LogP contribution in [0.25, 0.3) is 0 Å². The highest BCUT2D eigenvalue weighted by Crippen LogP contribution is 2.41. The van der Waals surface area contributed by atoms with E-state index < -0.39 is 9.05 Å². The summed E-state index contributed by atoms with van der Waals surface area (Å²) in [6, 6.07) is 0. The first kappa shape index (κ1) is 12.5. The number of fused-ring (bicyclic) bond motifs is 1. The maximum Gasteiger partial charge on any atom is 0.238 e. The molecule has 0 bridgehead atoms. The Morgan fingerprint density at radius 2 is 2.06 bits per heavy atom. The van der Waals surface area contributed by atoms with Crippen molar-refractivity contribution in [2.24, 2.45) is 11.8 Å². The standard InChI is InChI=1S/C12H16ClNO3S/c13-18(15,16)7-11-10-6-9(8-2-1-3-8)4-5-12(10)17-14-11/h8-9H,1-7H2. The van der Waals surface area contributed by atoms with Gasteiger partial charge in [-0.05, 0) is 24.7 Å². The topological polar surface area (TPSA) is 60.2 Å². The number of aromatic nitrogens is 1. The lowest BCUT2D eigenvalue weighted by Crippen LogP contribution is -2.27. The number of aryl methyl sites for hydroxylation is 1. The van der Waals surface area contributed by atoms with Crippen molar-refractivity contribution < 1.29 is 12.9 Å². The lowest BCUT2D eigenvalue weighted by atomic mass is 9.69. The zero-order chi connectivity index (χ0) is 12.8. The third-order valence-corrected chi connectivity index (χ3v) is 5.23. The molecule has 6 heteroatoms. The molecule has 1 saturated carbocycles. The second-order valence-electron chi connectivity index (χ2n) is 5.41. The van der Waals surface area contributed by atoms with E-state index in [2.05, 4.69) is 5.16 Å². The Bertz CT molecular complexity index is 548. The summed E-state index contributed by atoms with van der Waals surface area (Å²) in [5.74, 6) is 2.13. The second-order valence-corrected chi connectivity index (χ2v) is 8.18. The van der Waals surface area contributed by atoms with Crippen LogP contribution in [-0.2, 0) is 27.6 Å². The van der Waals surface area contributed by atoms with E-state index in [9.17, 15) is 8.42 Å². The van der Waals surface area contributed by atoms with Gasteiger partial charge in [-0.2, -0.15) is 0 Å². The van der Waals surface area contributed by atoms with Crippen molar-refractivity contribution in [2.45, 2.75) is 44.3 Å². The van der Waals surface area contributed by atoms with Crippen LogP contribution in [0.4, 0.5) is 0 Å². The largest absolute Gasteiger partial charge is 0.361 e. The predicted molar refractivity (Wildman–Crippen MR) is 67.8 cm³/mol.